The van der Waals surface area contributed by atoms with Crippen molar-refractivity contribution in [3.05, 3.63) is 76.5 Å². The molecule has 0 unspecified atom stereocenters. The van der Waals surface area contributed by atoms with Gasteiger partial charge in [0.25, 0.3) is 5.69 Å². The number of hydrogen-bond acceptors (Lipinski definition) is 3. The average Bonchev–Trinajstić information content (AvgIpc) is 2.91. The highest BCUT2D eigenvalue weighted by molar-refractivity contribution is 5.89. The van der Waals surface area contributed by atoms with Crippen molar-refractivity contribution < 1.29 is 9.66 Å². The smallest absolute Gasteiger partial charge is 0.278 e. The molecule has 21 heavy (non-hydrogen) atoms. The van der Waals surface area contributed by atoms with Crippen LogP contribution in [0.5, 0.6) is 0 Å². The van der Waals surface area contributed by atoms with Gasteiger partial charge in [0.15, 0.2) is 0 Å². The summed E-state index contributed by atoms with van der Waals surface area (Å²) in [6, 6.07) is 16.7. The average molecular weight is 282 g/mol. The number of benzene rings is 2. The molecule has 0 amide bonds. The number of nitrogens with zero attached hydrogens (tertiary/aromatic N) is 2. The molecule has 0 fully saturated rings. The maximum atomic E-state index is 11.0. The van der Waals surface area contributed by atoms with E-state index >= 15 is 0 Å². The van der Waals surface area contributed by atoms with Crippen LogP contribution >= 0.6 is 0 Å². The number of nitro groups is 1. The lowest BCUT2D eigenvalue weighted by molar-refractivity contribution is -0.383. The Kier molecular flexibility index (Phi) is 3.66. The van der Waals surface area contributed by atoms with Gasteiger partial charge in [0.05, 0.1) is 22.4 Å². The number of hydrogen-bond donors (Lipinski definition) is 0. The van der Waals surface area contributed by atoms with Gasteiger partial charge < -0.3 is 9.30 Å². The van der Waals surface area contributed by atoms with Gasteiger partial charge in [-0.1, -0.05) is 36.4 Å². The van der Waals surface area contributed by atoms with Crippen LogP contribution in [-0.4, -0.2) is 9.49 Å². The minimum atomic E-state index is -0.364. The standard InChI is InChI=1S/C16H14N2O3/c19-18(20)16-8-4-7-15-14(16)9-10-17(15)12-21-11-13-5-2-1-3-6-13/h1-10H,11-12H2. The van der Waals surface area contributed by atoms with Crippen LogP contribution in [0.25, 0.3) is 10.9 Å². The fourth-order valence-electron chi connectivity index (χ4n) is 2.32. The second-order valence-corrected chi connectivity index (χ2v) is 4.72. The summed E-state index contributed by atoms with van der Waals surface area (Å²) in [5.41, 5.74) is 2.02. The number of non-ortho nitro benzene ring substituents is 1. The van der Waals surface area contributed by atoms with Crippen molar-refractivity contribution in [1.82, 2.24) is 4.57 Å². The highest BCUT2D eigenvalue weighted by Crippen LogP contribution is 2.26. The van der Waals surface area contributed by atoms with Gasteiger partial charge in [-0.2, -0.15) is 0 Å². The molecule has 106 valence electrons. The van der Waals surface area contributed by atoms with E-state index in [9.17, 15) is 10.1 Å². The van der Waals surface area contributed by atoms with E-state index in [-0.39, 0.29) is 10.6 Å². The van der Waals surface area contributed by atoms with Gasteiger partial charge >= 0.3 is 0 Å². The minimum absolute atomic E-state index is 0.120. The summed E-state index contributed by atoms with van der Waals surface area (Å²) in [5.74, 6) is 0. The summed E-state index contributed by atoms with van der Waals surface area (Å²) in [5, 5.41) is 11.6. The van der Waals surface area contributed by atoms with Crippen LogP contribution in [0.15, 0.2) is 60.8 Å². The van der Waals surface area contributed by atoms with Crippen molar-refractivity contribution in [2.75, 3.05) is 0 Å². The van der Waals surface area contributed by atoms with Crippen molar-refractivity contribution in [2.24, 2.45) is 0 Å². The predicted octanol–water partition coefficient (Wildman–Crippen LogP) is 3.72. The van der Waals surface area contributed by atoms with Gasteiger partial charge in [0.1, 0.15) is 6.73 Å². The number of aromatic nitrogens is 1. The molecule has 0 radical (unpaired) electrons. The molecule has 0 atom stereocenters. The number of rotatable bonds is 5. The fraction of sp³-hybridized carbons (Fsp3) is 0.125. The molecule has 0 saturated heterocycles. The van der Waals surface area contributed by atoms with Crippen molar-refractivity contribution in [1.29, 1.82) is 0 Å². The Hall–Kier alpha value is -2.66. The minimum Gasteiger partial charge on any atom is -0.356 e. The summed E-state index contributed by atoms with van der Waals surface area (Å²) < 4.78 is 7.53. The van der Waals surface area contributed by atoms with E-state index in [0.29, 0.717) is 18.7 Å². The molecule has 0 aliphatic heterocycles. The van der Waals surface area contributed by atoms with Crippen LogP contribution < -0.4 is 0 Å². The van der Waals surface area contributed by atoms with Crippen molar-refractivity contribution in [2.45, 2.75) is 13.3 Å². The molecular formula is C16H14N2O3. The zero-order valence-corrected chi connectivity index (χ0v) is 11.3. The lowest BCUT2D eigenvalue weighted by atomic mass is 10.2. The van der Waals surface area contributed by atoms with E-state index in [4.69, 9.17) is 4.74 Å². The molecule has 0 N–H and O–H groups in total. The highest BCUT2D eigenvalue weighted by atomic mass is 16.6. The Morgan fingerprint density at radius 3 is 2.62 bits per heavy atom. The molecule has 0 saturated carbocycles. The summed E-state index contributed by atoms with van der Waals surface area (Å²) >= 11 is 0. The number of ether oxygens (including phenoxy) is 1. The van der Waals surface area contributed by atoms with E-state index in [2.05, 4.69) is 0 Å². The predicted molar refractivity (Wildman–Crippen MR) is 79.8 cm³/mol. The first-order valence-corrected chi connectivity index (χ1v) is 6.59. The molecule has 5 heteroatoms. The second-order valence-electron chi connectivity index (χ2n) is 4.72. The van der Waals surface area contributed by atoms with Gasteiger partial charge in [0, 0.05) is 12.3 Å². The van der Waals surface area contributed by atoms with E-state index in [1.807, 2.05) is 47.2 Å². The molecule has 2 aromatic carbocycles. The van der Waals surface area contributed by atoms with Gasteiger partial charge in [-0.05, 0) is 17.7 Å². The molecular weight excluding hydrogens is 268 g/mol. The molecule has 1 heterocycles. The summed E-state index contributed by atoms with van der Waals surface area (Å²) in [4.78, 5) is 10.6. The van der Waals surface area contributed by atoms with Crippen LogP contribution in [0.2, 0.25) is 0 Å². The Labute approximate surface area is 121 Å². The SMILES string of the molecule is O=[N+]([O-])c1cccc2c1ccn2COCc1ccccc1. The maximum absolute atomic E-state index is 11.0. The lowest BCUT2D eigenvalue weighted by Gasteiger charge is -2.07. The molecule has 0 spiro atoms. The van der Waals surface area contributed by atoms with Crippen LogP contribution in [-0.2, 0) is 18.1 Å². The third kappa shape index (κ3) is 2.78. The van der Waals surface area contributed by atoms with Crippen LogP contribution in [0.1, 0.15) is 5.56 Å². The molecule has 0 aliphatic rings. The Balaban J connectivity index is 1.76. The highest BCUT2D eigenvalue weighted by Gasteiger charge is 2.13. The topological polar surface area (TPSA) is 57.3 Å². The Morgan fingerprint density at radius 1 is 1.05 bits per heavy atom. The molecule has 3 aromatic rings. The first-order valence-electron chi connectivity index (χ1n) is 6.59. The second kappa shape index (κ2) is 5.76. The lowest BCUT2D eigenvalue weighted by Crippen LogP contribution is -2.01. The zero-order chi connectivity index (χ0) is 14.7. The third-order valence-corrected chi connectivity index (χ3v) is 3.33. The van der Waals surface area contributed by atoms with Crippen LogP contribution in [0.3, 0.4) is 0 Å². The normalized spacial score (nSPS) is 10.9. The molecule has 0 aliphatic carbocycles. The van der Waals surface area contributed by atoms with Crippen LogP contribution in [0.4, 0.5) is 5.69 Å². The zero-order valence-electron chi connectivity index (χ0n) is 11.3. The van der Waals surface area contributed by atoms with Crippen molar-refractivity contribution in [3.63, 3.8) is 0 Å². The Bertz CT molecular complexity index is 766. The molecule has 5 nitrogen and oxygen atoms in total. The Morgan fingerprint density at radius 2 is 1.86 bits per heavy atom. The van der Waals surface area contributed by atoms with E-state index in [1.54, 1.807) is 12.1 Å². The van der Waals surface area contributed by atoms with E-state index in [0.717, 1.165) is 11.1 Å². The van der Waals surface area contributed by atoms with E-state index in [1.165, 1.54) is 6.07 Å². The number of fused-ring (bicyclic) bond motifs is 1. The molecule has 0 bridgehead atoms. The quantitative estimate of drug-likeness (QED) is 0.529. The monoisotopic (exact) mass is 282 g/mol. The maximum Gasteiger partial charge on any atom is 0.278 e. The van der Waals surface area contributed by atoms with Crippen molar-refractivity contribution in [3.8, 4) is 0 Å². The largest absolute Gasteiger partial charge is 0.356 e. The van der Waals surface area contributed by atoms with E-state index < -0.39 is 0 Å². The van der Waals surface area contributed by atoms with Gasteiger partial charge in [0.2, 0.25) is 0 Å². The van der Waals surface area contributed by atoms with Gasteiger partial charge in [-0.15, -0.1) is 0 Å². The number of nitro benzene ring substituents is 1. The van der Waals surface area contributed by atoms with Crippen molar-refractivity contribution >= 4 is 16.6 Å². The summed E-state index contributed by atoms with van der Waals surface area (Å²) in [7, 11) is 0. The molecule has 3 rings (SSSR count). The fourth-order valence-corrected chi connectivity index (χ4v) is 2.32. The van der Waals surface area contributed by atoms with Gasteiger partial charge in [-0.3, -0.25) is 10.1 Å². The third-order valence-electron chi connectivity index (χ3n) is 3.33. The molecule has 1 aromatic heterocycles. The summed E-state index contributed by atoms with van der Waals surface area (Å²) in [6.45, 7) is 0.870. The first kappa shape index (κ1) is 13.3. The van der Waals surface area contributed by atoms with Crippen LogP contribution in [0, 0.1) is 10.1 Å². The van der Waals surface area contributed by atoms with Gasteiger partial charge in [-0.25, -0.2) is 0 Å². The first-order chi connectivity index (χ1) is 10.3. The summed E-state index contributed by atoms with van der Waals surface area (Å²) in [6.07, 6.45) is 1.81.